The van der Waals surface area contributed by atoms with E-state index >= 15 is 0 Å². The van der Waals surface area contributed by atoms with E-state index in [9.17, 15) is 4.79 Å². The lowest BCUT2D eigenvalue weighted by Crippen LogP contribution is -2.07. The van der Waals surface area contributed by atoms with Crippen LogP contribution in [0.3, 0.4) is 0 Å². The molecule has 0 N–H and O–H groups in total. The lowest BCUT2D eigenvalue weighted by atomic mass is 10.1. The molecular formula is C30H30N4O3. The monoisotopic (exact) mass is 494 g/mol. The van der Waals surface area contributed by atoms with E-state index in [0.29, 0.717) is 46.3 Å². The Balaban J connectivity index is 1.58. The molecule has 0 saturated carbocycles. The SMILES string of the molecule is C=C(C)C(=C)Oc1ccc(N=Nc2ccc(N=Nc3cccc(CCOC(=O)C(=C)C)c3)cc2)cc1C. The van der Waals surface area contributed by atoms with Gasteiger partial charge in [-0.2, -0.15) is 20.5 Å². The number of carbonyl (C=O) groups excluding carboxylic acids is 1. The van der Waals surface area contributed by atoms with Crippen molar-refractivity contribution < 1.29 is 14.3 Å². The lowest BCUT2D eigenvalue weighted by molar-refractivity contribution is -0.138. The molecule has 0 unspecified atom stereocenters. The number of esters is 1. The molecule has 0 aliphatic rings. The second kappa shape index (κ2) is 12.9. The number of azo groups is 2. The maximum absolute atomic E-state index is 11.5. The van der Waals surface area contributed by atoms with Crippen LogP contribution in [-0.2, 0) is 16.0 Å². The maximum Gasteiger partial charge on any atom is 0.333 e. The summed E-state index contributed by atoms with van der Waals surface area (Å²) in [5.74, 6) is 0.852. The minimum Gasteiger partial charge on any atom is -0.462 e. The van der Waals surface area contributed by atoms with Crippen molar-refractivity contribution in [2.24, 2.45) is 20.5 Å². The molecule has 0 fully saturated rings. The third kappa shape index (κ3) is 8.50. The zero-order chi connectivity index (χ0) is 26.8. The van der Waals surface area contributed by atoms with Crippen LogP contribution in [0.2, 0.25) is 0 Å². The van der Waals surface area contributed by atoms with Gasteiger partial charge in [-0.25, -0.2) is 4.79 Å². The second-order valence-corrected chi connectivity index (χ2v) is 8.51. The fourth-order valence-corrected chi connectivity index (χ4v) is 3.01. The van der Waals surface area contributed by atoms with Crippen LogP contribution in [0, 0.1) is 6.92 Å². The predicted octanol–water partition coefficient (Wildman–Crippen LogP) is 8.96. The summed E-state index contributed by atoms with van der Waals surface area (Å²) in [6.45, 7) is 17.0. The Morgan fingerprint density at radius 1 is 0.757 bits per heavy atom. The fraction of sp³-hybridized carbons (Fsp3) is 0.167. The molecule has 0 aliphatic carbocycles. The summed E-state index contributed by atoms with van der Waals surface area (Å²) in [6.07, 6.45) is 0.584. The molecule has 0 saturated heterocycles. The fourth-order valence-electron chi connectivity index (χ4n) is 3.01. The number of allylic oxidation sites excluding steroid dienone is 1. The van der Waals surface area contributed by atoms with Crippen LogP contribution in [0.4, 0.5) is 22.7 Å². The lowest BCUT2D eigenvalue weighted by Gasteiger charge is -2.10. The topological polar surface area (TPSA) is 85.0 Å². The first-order valence-electron chi connectivity index (χ1n) is 11.7. The first kappa shape index (κ1) is 26.9. The standard InChI is InChI=1S/C30H30N4O3/c1-20(2)23(6)37-29-15-14-28(18-22(29)5)34-32-26-12-10-25(11-13-26)31-33-27-9-7-8-24(19-27)16-17-36-30(35)21(3)4/h7-15,18-19H,1,3,6,16-17H2,2,4-5H3. The molecule has 7 heteroatoms. The molecule has 0 amide bonds. The van der Waals surface area contributed by atoms with E-state index in [4.69, 9.17) is 9.47 Å². The minimum absolute atomic E-state index is 0.282. The predicted molar refractivity (Wildman–Crippen MR) is 146 cm³/mol. The highest BCUT2D eigenvalue weighted by molar-refractivity contribution is 5.86. The number of carbonyl (C=O) groups is 1. The molecule has 3 aromatic carbocycles. The molecular weight excluding hydrogens is 464 g/mol. The van der Waals surface area contributed by atoms with Crippen LogP contribution in [0.25, 0.3) is 0 Å². The van der Waals surface area contributed by atoms with Gasteiger partial charge in [0, 0.05) is 12.0 Å². The molecule has 7 nitrogen and oxygen atoms in total. The van der Waals surface area contributed by atoms with Gasteiger partial charge in [-0.05, 0) is 92.1 Å². The third-order valence-corrected chi connectivity index (χ3v) is 5.16. The minimum atomic E-state index is -0.387. The molecule has 0 spiro atoms. The Bertz CT molecular complexity index is 1370. The van der Waals surface area contributed by atoms with Crippen LogP contribution in [0.1, 0.15) is 25.0 Å². The van der Waals surface area contributed by atoms with Gasteiger partial charge in [-0.3, -0.25) is 0 Å². The van der Waals surface area contributed by atoms with E-state index in [1.165, 1.54) is 0 Å². The summed E-state index contributed by atoms with van der Waals surface area (Å²) in [7, 11) is 0. The van der Waals surface area contributed by atoms with Crippen molar-refractivity contribution in [2.45, 2.75) is 27.2 Å². The first-order valence-corrected chi connectivity index (χ1v) is 11.7. The highest BCUT2D eigenvalue weighted by Gasteiger charge is 2.05. The Labute approximate surface area is 217 Å². The molecule has 37 heavy (non-hydrogen) atoms. The number of ether oxygens (including phenoxy) is 2. The van der Waals surface area contributed by atoms with Gasteiger partial charge < -0.3 is 9.47 Å². The van der Waals surface area contributed by atoms with Crippen LogP contribution in [-0.4, -0.2) is 12.6 Å². The summed E-state index contributed by atoms with van der Waals surface area (Å²) in [6, 6.07) is 20.5. The Kier molecular flexibility index (Phi) is 9.38. The molecule has 0 bridgehead atoms. The molecule has 0 heterocycles. The van der Waals surface area contributed by atoms with Crippen molar-refractivity contribution in [1.82, 2.24) is 0 Å². The quantitative estimate of drug-likeness (QED) is 0.0876. The maximum atomic E-state index is 11.5. The van der Waals surface area contributed by atoms with E-state index in [1.54, 1.807) is 6.92 Å². The van der Waals surface area contributed by atoms with Crippen LogP contribution in [0.15, 0.2) is 124 Å². The van der Waals surface area contributed by atoms with E-state index in [0.717, 1.165) is 16.7 Å². The summed E-state index contributed by atoms with van der Waals surface area (Å²) >= 11 is 0. The van der Waals surface area contributed by atoms with Gasteiger partial charge in [0.05, 0.1) is 29.4 Å². The molecule has 188 valence electrons. The molecule has 0 radical (unpaired) electrons. The van der Waals surface area contributed by atoms with Gasteiger partial charge in [-0.15, -0.1) is 0 Å². The van der Waals surface area contributed by atoms with Crippen LogP contribution >= 0.6 is 0 Å². The van der Waals surface area contributed by atoms with Crippen molar-refractivity contribution in [3.05, 3.63) is 114 Å². The highest BCUT2D eigenvalue weighted by Crippen LogP contribution is 2.28. The van der Waals surface area contributed by atoms with Crippen molar-refractivity contribution in [3.63, 3.8) is 0 Å². The van der Waals surface area contributed by atoms with E-state index < -0.39 is 0 Å². The van der Waals surface area contributed by atoms with Crippen molar-refractivity contribution in [2.75, 3.05) is 6.61 Å². The Morgan fingerprint density at radius 3 is 1.89 bits per heavy atom. The summed E-state index contributed by atoms with van der Waals surface area (Å²) in [5, 5.41) is 17.2. The Morgan fingerprint density at radius 2 is 1.32 bits per heavy atom. The van der Waals surface area contributed by atoms with Crippen LogP contribution in [0.5, 0.6) is 5.75 Å². The van der Waals surface area contributed by atoms with Gasteiger partial charge in [0.15, 0.2) is 0 Å². The highest BCUT2D eigenvalue weighted by atomic mass is 16.5. The second-order valence-electron chi connectivity index (χ2n) is 8.51. The largest absolute Gasteiger partial charge is 0.462 e. The molecule has 0 atom stereocenters. The van der Waals surface area contributed by atoms with E-state index in [2.05, 4.69) is 40.2 Å². The molecule has 3 aromatic rings. The van der Waals surface area contributed by atoms with Crippen molar-refractivity contribution >= 4 is 28.7 Å². The molecule has 3 rings (SSSR count). The average molecular weight is 495 g/mol. The zero-order valence-electron chi connectivity index (χ0n) is 21.4. The molecule has 0 aromatic heterocycles. The van der Waals surface area contributed by atoms with E-state index in [-0.39, 0.29) is 12.6 Å². The van der Waals surface area contributed by atoms with Gasteiger partial charge in [0.2, 0.25) is 0 Å². The van der Waals surface area contributed by atoms with Gasteiger partial charge >= 0.3 is 5.97 Å². The summed E-state index contributed by atoms with van der Waals surface area (Å²) in [4.78, 5) is 11.5. The smallest absolute Gasteiger partial charge is 0.333 e. The number of nitrogens with zero attached hydrogens (tertiary/aromatic N) is 4. The van der Waals surface area contributed by atoms with Crippen LogP contribution < -0.4 is 4.74 Å². The zero-order valence-corrected chi connectivity index (χ0v) is 21.4. The number of hydrogen-bond donors (Lipinski definition) is 0. The molecule has 0 aliphatic heterocycles. The summed E-state index contributed by atoms with van der Waals surface area (Å²) in [5.41, 5.74) is 5.89. The van der Waals surface area contributed by atoms with Gasteiger partial charge in [-0.1, -0.05) is 31.9 Å². The average Bonchev–Trinajstić information content (AvgIpc) is 2.88. The van der Waals surface area contributed by atoms with Crippen molar-refractivity contribution in [1.29, 1.82) is 0 Å². The number of aryl methyl sites for hydroxylation is 1. The number of benzene rings is 3. The first-order chi connectivity index (χ1) is 17.7. The number of rotatable bonds is 11. The van der Waals surface area contributed by atoms with Gasteiger partial charge in [0.25, 0.3) is 0 Å². The van der Waals surface area contributed by atoms with E-state index in [1.807, 2.05) is 80.6 Å². The summed E-state index contributed by atoms with van der Waals surface area (Å²) < 4.78 is 10.9. The number of hydrogen-bond acceptors (Lipinski definition) is 7. The Hall–Kier alpha value is -4.65. The van der Waals surface area contributed by atoms with Crippen molar-refractivity contribution in [3.8, 4) is 5.75 Å². The normalized spacial score (nSPS) is 11.0. The van der Waals surface area contributed by atoms with Gasteiger partial charge in [0.1, 0.15) is 11.5 Å². The third-order valence-electron chi connectivity index (χ3n) is 5.16.